The third kappa shape index (κ3) is 9.52. The van der Waals surface area contributed by atoms with Gasteiger partial charge in [-0.1, -0.05) is 104 Å². The molecule has 0 bridgehead atoms. The van der Waals surface area contributed by atoms with Crippen LogP contribution >= 0.6 is 0 Å². The van der Waals surface area contributed by atoms with Crippen molar-refractivity contribution < 1.29 is 32.7 Å². The molecule has 0 saturated heterocycles. The van der Waals surface area contributed by atoms with Gasteiger partial charge in [-0.15, -0.1) is 0 Å². The Kier molecular flexibility index (Phi) is 11.5. The lowest BCUT2D eigenvalue weighted by Gasteiger charge is -2.25. The van der Waals surface area contributed by atoms with Gasteiger partial charge in [-0.25, -0.2) is 4.79 Å². The number of Topliss-reactive ketones (excluding diaryl/α,β-unsaturated/α-hetero) is 1. The second kappa shape index (κ2) is 15.3. The van der Waals surface area contributed by atoms with E-state index in [0.717, 1.165) is 5.56 Å². The lowest BCUT2D eigenvalue weighted by molar-refractivity contribution is -0.160. The van der Waals surface area contributed by atoms with E-state index in [0.29, 0.717) is 17.5 Å². The van der Waals surface area contributed by atoms with Crippen molar-refractivity contribution in [2.75, 3.05) is 0 Å². The van der Waals surface area contributed by atoms with Crippen LogP contribution in [0.4, 0.5) is 13.6 Å². The molecule has 216 valence electrons. The summed E-state index contributed by atoms with van der Waals surface area (Å²) in [6.45, 7) is 1.54. The molecule has 0 heterocycles. The van der Waals surface area contributed by atoms with Gasteiger partial charge in [0.25, 0.3) is 5.91 Å². The van der Waals surface area contributed by atoms with Crippen LogP contribution in [0.5, 0.6) is 0 Å². The number of alkyl halides is 2. The van der Waals surface area contributed by atoms with Gasteiger partial charge in [0, 0.05) is 13.0 Å². The van der Waals surface area contributed by atoms with E-state index in [9.17, 15) is 19.2 Å². The van der Waals surface area contributed by atoms with Crippen molar-refractivity contribution in [3.8, 4) is 0 Å². The molecule has 0 unspecified atom stereocenters. The number of hydrogen-bond acceptors (Lipinski definition) is 5. The molecule has 8 nitrogen and oxygen atoms in total. The number of halogens is 2. The maximum atomic E-state index is 15.1. The molecule has 2 atom stereocenters. The third-order valence-electron chi connectivity index (χ3n) is 6.20. The summed E-state index contributed by atoms with van der Waals surface area (Å²) < 4.78 is 35.5. The molecule has 0 radical (unpaired) electrons. The number of carbonyl (C=O) groups is 4. The molecule has 0 aliphatic carbocycles. The van der Waals surface area contributed by atoms with Crippen molar-refractivity contribution in [2.24, 2.45) is 0 Å². The van der Waals surface area contributed by atoms with Crippen LogP contribution in [-0.2, 0) is 38.7 Å². The van der Waals surface area contributed by atoms with Gasteiger partial charge in [0.15, 0.2) is 0 Å². The standard InChI is InChI=1S/C31H33F2N3O5/c1-2-12-25(36-30(40)41-21-24-17-10-5-11-18-24)28(38)35-26(19-22-13-6-3-7-14-22)27(37)31(32,33)29(39)34-20-23-15-8-4-9-16-23/h3-11,13-18,25-26H,2,12,19-21H2,1H3,(H,34,39)(H,35,38)(H,36,40)/t25-,26-/m0/s1. The summed E-state index contributed by atoms with van der Waals surface area (Å²) in [4.78, 5) is 51.1. The molecule has 0 aromatic heterocycles. The predicted octanol–water partition coefficient (Wildman–Crippen LogP) is 4.33. The monoisotopic (exact) mass is 565 g/mol. The van der Waals surface area contributed by atoms with Crippen LogP contribution in [0.1, 0.15) is 36.5 Å². The quantitative estimate of drug-likeness (QED) is 0.252. The Bertz CT molecular complexity index is 1290. The molecule has 41 heavy (non-hydrogen) atoms. The number of alkyl carbamates (subject to hydrolysis) is 1. The lowest BCUT2D eigenvalue weighted by Crippen LogP contribution is -2.58. The summed E-state index contributed by atoms with van der Waals surface area (Å²) in [5.74, 6) is -8.81. The highest BCUT2D eigenvalue weighted by Gasteiger charge is 2.50. The highest BCUT2D eigenvalue weighted by atomic mass is 19.3. The molecule has 0 spiro atoms. The minimum Gasteiger partial charge on any atom is -0.445 e. The molecular formula is C31H33F2N3O5. The highest BCUT2D eigenvalue weighted by Crippen LogP contribution is 2.20. The summed E-state index contributed by atoms with van der Waals surface area (Å²) in [5, 5.41) is 6.88. The largest absolute Gasteiger partial charge is 0.445 e. The number of hydrogen-bond donors (Lipinski definition) is 3. The topological polar surface area (TPSA) is 114 Å². The summed E-state index contributed by atoms with van der Waals surface area (Å²) in [5.41, 5.74) is 1.81. The SMILES string of the molecule is CCC[C@H](NC(=O)OCc1ccccc1)C(=O)N[C@@H](Cc1ccccc1)C(=O)C(F)(F)C(=O)NCc1ccccc1. The number of ketones is 1. The number of rotatable bonds is 14. The number of benzene rings is 3. The third-order valence-corrected chi connectivity index (χ3v) is 6.20. The van der Waals surface area contributed by atoms with Gasteiger partial charge in [-0.3, -0.25) is 14.4 Å². The number of ether oxygens (including phenoxy) is 1. The Morgan fingerprint density at radius 2 is 1.29 bits per heavy atom. The van der Waals surface area contributed by atoms with E-state index in [4.69, 9.17) is 4.74 Å². The maximum Gasteiger partial charge on any atom is 0.408 e. The molecule has 3 N–H and O–H groups in total. The average Bonchev–Trinajstić information content (AvgIpc) is 2.99. The van der Waals surface area contributed by atoms with E-state index < -0.39 is 41.7 Å². The average molecular weight is 566 g/mol. The Balaban J connectivity index is 1.71. The van der Waals surface area contributed by atoms with Crippen molar-refractivity contribution in [3.05, 3.63) is 108 Å². The highest BCUT2D eigenvalue weighted by molar-refractivity contribution is 6.10. The van der Waals surface area contributed by atoms with E-state index in [1.807, 2.05) is 6.07 Å². The Morgan fingerprint density at radius 3 is 1.85 bits per heavy atom. The molecule has 10 heteroatoms. The zero-order valence-corrected chi connectivity index (χ0v) is 22.6. The Morgan fingerprint density at radius 1 is 0.756 bits per heavy atom. The van der Waals surface area contributed by atoms with Crippen LogP contribution in [0.2, 0.25) is 0 Å². The van der Waals surface area contributed by atoms with Gasteiger partial charge in [0.1, 0.15) is 12.6 Å². The fourth-order valence-corrected chi connectivity index (χ4v) is 4.02. The molecule has 3 aromatic carbocycles. The Hall–Kier alpha value is -4.60. The molecule has 0 fully saturated rings. The maximum absolute atomic E-state index is 15.1. The minimum atomic E-state index is -4.43. The smallest absolute Gasteiger partial charge is 0.408 e. The van der Waals surface area contributed by atoms with E-state index >= 15 is 8.78 Å². The fourth-order valence-electron chi connectivity index (χ4n) is 4.02. The van der Waals surface area contributed by atoms with E-state index in [2.05, 4.69) is 16.0 Å². The van der Waals surface area contributed by atoms with Crippen molar-refractivity contribution in [2.45, 2.75) is 57.3 Å². The van der Waals surface area contributed by atoms with E-state index in [1.54, 1.807) is 91.9 Å². The van der Waals surface area contributed by atoms with Gasteiger partial charge < -0.3 is 20.7 Å². The molecule has 3 amide bonds. The van der Waals surface area contributed by atoms with Crippen molar-refractivity contribution in [1.82, 2.24) is 16.0 Å². The van der Waals surface area contributed by atoms with E-state index in [-0.39, 0.29) is 26.0 Å². The van der Waals surface area contributed by atoms with Gasteiger partial charge in [0.05, 0.1) is 6.04 Å². The second-order valence-electron chi connectivity index (χ2n) is 9.41. The number of nitrogens with one attached hydrogen (secondary N) is 3. The van der Waals surface area contributed by atoms with Crippen molar-refractivity contribution in [3.63, 3.8) is 0 Å². The van der Waals surface area contributed by atoms with Crippen LogP contribution in [0.15, 0.2) is 91.0 Å². The number of carbonyl (C=O) groups excluding carboxylic acids is 4. The zero-order valence-electron chi connectivity index (χ0n) is 22.6. The van der Waals surface area contributed by atoms with Gasteiger partial charge in [0.2, 0.25) is 11.7 Å². The normalized spacial score (nSPS) is 12.5. The molecule has 0 aliphatic rings. The first kappa shape index (κ1) is 30.9. The first-order valence-electron chi connectivity index (χ1n) is 13.3. The Labute approximate surface area is 237 Å². The molecule has 3 aromatic rings. The van der Waals surface area contributed by atoms with Crippen LogP contribution in [0.3, 0.4) is 0 Å². The molecular weight excluding hydrogens is 532 g/mol. The fraction of sp³-hybridized carbons (Fsp3) is 0.290. The number of amides is 3. The minimum absolute atomic E-state index is 0.0351. The van der Waals surface area contributed by atoms with Crippen LogP contribution in [0, 0.1) is 0 Å². The summed E-state index contributed by atoms with van der Waals surface area (Å²) >= 11 is 0. The molecule has 3 rings (SSSR count). The first-order chi connectivity index (χ1) is 19.7. The van der Waals surface area contributed by atoms with E-state index in [1.165, 1.54) is 0 Å². The summed E-state index contributed by atoms with van der Waals surface area (Å²) in [6, 6.07) is 22.7. The molecule has 0 aliphatic heterocycles. The second-order valence-corrected chi connectivity index (χ2v) is 9.41. The summed E-state index contributed by atoms with van der Waals surface area (Å²) in [6.07, 6.45) is -0.539. The van der Waals surface area contributed by atoms with Crippen LogP contribution in [0.25, 0.3) is 0 Å². The van der Waals surface area contributed by atoms with Crippen molar-refractivity contribution in [1.29, 1.82) is 0 Å². The van der Waals surface area contributed by atoms with Crippen LogP contribution in [-0.4, -0.2) is 41.7 Å². The predicted molar refractivity (Wildman–Crippen MR) is 149 cm³/mol. The van der Waals surface area contributed by atoms with Crippen molar-refractivity contribution >= 4 is 23.7 Å². The van der Waals surface area contributed by atoms with Gasteiger partial charge >= 0.3 is 12.0 Å². The van der Waals surface area contributed by atoms with Gasteiger partial charge in [-0.05, 0) is 23.1 Å². The lowest BCUT2D eigenvalue weighted by atomic mass is 9.97. The van der Waals surface area contributed by atoms with Gasteiger partial charge in [-0.2, -0.15) is 8.78 Å². The first-order valence-corrected chi connectivity index (χ1v) is 13.3. The zero-order chi connectivity index (χ0) is 29.7. The summed E-state index contributed by atoms with van der Waals surface area (Å²) in [7, 11) is 0. The van der Waals surface area contributed by atoms with Crippen LogP contribution < -0.4 is 16.0 Å². The molecule has 0 saturated carbocycles.